The van der Waals surface area contributed by atoms with Crippen molar-refractivity contribution < 1.29 is 9.53 Å². The first-order valence-corrected chi connectivity index (χ1v) is 4.64. The summed E-state index contributed by atoms with van der Waals surface area (Å²) in [6.07, 6.45) is 1.10. The fraction of sp³-hybridized carbons (Fsp3) is 0.778. The van der Waals surface area contributed by atoms with Gasteiger partial charge in [0.15, 0.2) is 0 Å². The van der Waals surface area contributed by atoms with E-state index in [-0.39, 0.29) is 12.1 Å². The van der Waals surface area contributed by atoms with Crippen molar-refractivity contribution in [1.29, 1.82) is 5.26 Å². The Balaban J connectivity index is 3.63. The van der Waals surface area contributed by atoms with E-state index in [1.165, 1.54) is 0 Å². The van der Waals surface area contributed by atoms with E-state index < -0.39 is 0 Å². The predicted octanol–water partition coefficient (Wildman–Crippen LogP) is 0.624. The second kappa shape index (κ2) is 8.32. The summed E-state index contributed by atoms with van der Waals surface area (Å²) in [5.74, 6) is 0. The van der Waals surface area contributed by atoms with Gasteiger partial charge in [0.2, 0.25) is 0 Å². The number of nitriles is 1. The lowest BCUT2D eigenvalue weighted by Crippen LogP contribution is -2.42. The molecule has 0 aromatic carbocycles. The number of rotatable bonds is 6. The second-order valence-corrected chi connectivity index (χ2v) is 2.86. The molecule has 1 atom stereocenters. The zero-order valence-corrected chi connectivity index (χ0v) is 8.67. The Kier molecular flexibility index (Phi) is 7.56. The van der Waals surface area contributed by atoms with Crippen molar-refractivity contribution in [3.63, 3.8) is 0 Å². The summed E-state index contributed by atoms with van der Waals surface area (Å²) in [7, 11) is 1.57. The summed E-state index contributed by atoms with van der Waals surface area (Å²) in [4.78, 5) is 11.2. The molecule has 0 rings (SSSR count). The molecule has 80 valence electrons. The van der Waals surface area contributed by atoms with Crippen molar-refractivity contribution >= 4 is 6.03 Å². The molecule has 1 unspecified atom stereocenters. The fourth-order valence-electron chi connectivity index (χ4n) is 0.911. The fourth-order valence-corrected chi connectivity index (χ4v) is 0.911. The van der Waals surface area contributed by atoms with Gasteiger partial charge in [-0.05, 0) is 6.42 Å². The normalized spacial score (nSPS) is 11.5. The second-order valence-electron chi connectivity index (χ2n) is 2.86. The highest BCUT2D eigenvalue weighted by Crippen LogP contribution is 1.94. The van der Waals surface area contributed by atoms with Gasteiger partial charge >= 0.3 is 6.03 Å². The number of urea groups is 1. The number of methoxy groups -OCH3 is 1. The molecule has 5 nitrogen and oxygen atoms in total. The molecule has 2 N–H and O–H groups in total. The van der Waals surface area contributed by atoms with Crippen LogP contribution in [-0.2, 0) is 4.74 Å². The van der Waals surface area contributed by atoms with E-state index in [1.807, 2.05) is 13.0 Å². The lowest BCUT2D eigenvalue weighted by molar-refractivity contribution is 0.195. The van der Waals surface area contributed by atoms with Gasteiger partial charge in [-0.25, -0.2) is 4.79 Å². The average molecular weight is 199 g/mol. The van der Waals surface area contributed by atoms with E-state index in [0.717, 1.165) is 6.42 Å². The molecule has 0 saturated carbocycles. The van der Waals surface area contributed by atoms with Crippen LogP contribution in [0.4, 0.5) is 4.79 Å². The van der Waals surface area contributed by atoms with E-state index >= 15 is 0 Å². The van der Waals surface area contributed by atoms with E-state index in [2.05, 4.69) is 10.6 Å². The maximum atomic E-state index is 11.2. The largest absolute Gasteiger partial charge is 0.383 e. The van der Waals surface area contributed by atoms with Gasteiger partial charge in [0, 0.05) is 19.7 Å². The standard InChI is InChI=1S/C9H17N3O2/c1-3-8(4-5-10)12-9(13)11-6-7-14-2/h8H,3-4,6-7H2,1-2H3,(H2,11,12,13). The van der Waals surface area contributed by atoms with Crippen molar-refractivity contribution in [2.75, 3.05) is 20.3 Å². The van der Waals surface area contributed by atoms with Gasteiger partial charge < -0.3 is 15.4 Å². The number of carbonyl (C=O) groups excluding carboxylic acids is 1. The predicted molar refractivity (Wildman–Crippen MR) is 52.7 cm³/mol. The summed E-state index contributed by atoms with van der Waals surface area (Å²) in [5.41, 5.74) is 0. The Morgan fingerprint density at radius 2 is 2.36 bits per heavy atom. The van der Waals surface area contributed by atoms with Gasteiger partial charge in [-0.2, -0.15) is 5.26 Å². The first kappa shape index (κ1) is 12.7. The maximum Gasteiger partial charge on any atom is 0.315 e. The van der Waals surface area contributed by atoms with Crippen molar-refractivity contribution in [3.05, 3.63) is 0 Å². The number of nitrogens with one attached hydrogen (secondary N) is 2. The molecule has 0 heterocycles. The zero-order chi connectivity index (χ0) is 10.8. The molecule has 0 aliphatic heterocycles. The van der Waals surface area contributed by atoms with Gasteiger partial charge in [0.1, 0.15) is 0 Å². The van der Waals surface area contributed by atoms with Gasteiger partial charge in [0.05, 0.1) is 19.1 Å². The Morgan fingerprint density at radius 3 is 2.86 bits per heavy atom. The van der Waals surface area contributed by atoms with Crippen LogP contribution in [0.5, 0.6) is 0 Å². The highest BCUT2D eigenvalue weighted by molar-refractivity contribution is 5.74. The monoisotopic (exact) mass is 199 g/mol. The van der Waals surface area contributed by atoms with Gasteiger partial charge in [0.25, 0.3) is 0 Å². The molecule has 5 heteroatoms. The number of ether oxygens (including phenoxy) is 1. The van der Waals surface area contributed by atoms with Crippen molar-refractivity contribution in [3.8, 4) is 6.07 Å². The number of nitrogens with zero attached hydrogens (tertiary/aromatic N) is 1. The molecule has 2 amide bonds. The van der Waals surface area contributed by atoms with Crippen LogP contribution >= 0.6 is 0 Å². The molecule has 0 aliphatic rings. The average Bonchev–Trinajstić information content (AvgIpc) is 2.17. The molecule has 0 spiro atoms. The molecule has 0 aliphatic carbocycles. The Hall–Kier alpha value is -1.28. The highest BCUT2D eigenvalue weighted by Gasteiger charge is 2.08. The van der Waals surface area contributed by atoms with Crippen molar-refractivity contribution in [1.82, 2.24) is 10.6 Å². The third-order valence-corrected chi connectivity index (χ3v) is 1.76. The Morgan fingerprint density at radius 1 is 1.64 bits per heavy atom. The van der Waals surface area contributed by atoms with Crippen LogP contribution in [0, 0.1) is 11.3 Å². The minimum atomic E-state index is -0.246. The van der Waals surface area contributed by atoms with Crippen molar-refractivity contribution in [2.24, 2.45) is 0 Å². The third-order valence-electron chi connectivity index (χ3n) is 1.76. The van der Waals surface area contributed by atoms with Gasteiger partial charge in [-0.1, -0.05) is 6.92 Å². The molecular weight excluding hydrogens is 182 g/mol. The summed E-state index contributed by atoms with van der Waals surface area (Å²) in [6.45, 7) is 2.89. The van der Waals surface area contributed by atoms with Crippen LogP contribution in [0.15, 0.2) is 0 Å². The number of amides is 2. The van der Waals surface area contributed by atoms with Crippen LogP contribution in [-0.4, -0.2) is 32.3 Å². The molecule has 0 radical (unpaired) electrons. The SMILES string of the molecule is CCC(CC#N)NC(=O)NCCOC. The minimum Gasteiger partial charge on any atom is -0.383 e. The molecule has 0 saturated heterocycles. The van der Waals surface area contributed by atoms with E-state index in [4.69, 9.17) is 10.00 Å². The molecular formula is C9H17N3O2. The maximum absolute atomic E-state index is 11.2. The lowest BCUT2D eigenvalue weighted by Gasteiger charge is -2.13. The van der Waals surface area contributed by atoms with Gasteiger partial charge in [-0.15, -0.1) is 0 Å². The first-order chi connectivity index (χ1) is 6.74. The number of carbonyl (C=O) groups is 1. The van der Waals surface area contributed by atoms with Crippen molar-refractivity contribution in [2.45, 2.75) is 25.8 Å². The molecule has 0 bridgehead atoms. The van der Waals surface area contributed by atoms with Crippen LogP contribution in [0.2, 0.25) is 0 Å². The van der Waals surface area contributed by atoms with Crippen LogP contribution in [0.25, 0.3) is 0 Å². The quantitative estimate of drug-likeness (QED) is 0.616. The van der Waals surface area contributed by atoms with E-state index in [1.54, 1.807) is 7.11 Å². The summed E-state index contributed by atoms with van der Waals surface area (Å²) in [5, 5.41) is 13.8. The molecule has 0 aromatic heterocycles. The van der Waals surface area contributed by atoms with Crippen LogP contribution in [0.3, 0.4) is 0 Å². The van der Waals surface area contributed by atoms with Crippen LogP contribution in [0.1, 0.15) is 19.8 Å². The first-order valence-electron chi connectivity index (χ1n) is 4.64. The summed E-state index contributed by atoms with van der Waals surface area (Å²) < 4.78 is 4.78. The number of hydrogen-bond donors (Lipinski definition) is 2. The smallest absolute Gasteiger partial charge is 0.315 e. The van der Waals surface area contributed by atoms with Crippen LogP contribution < -0.4 is 10.6 Å². The molecule has 0 aromatic rings. The number of hydrogen-bond acceptors (Lipinski definition) is 3. The highest BCUT2D eigenvalue weighted by atomic mass is 16.5. The van der Waals surface area contributed by atoms with Gasteiger partial charge in [-0.3, -0.25) is 0 Å². The Labute approximate surface area is 84.4 Å². The summed E-state index contributed by atoms with van der Waals surface area (Å²) >= 11 is 0. The lowest BCUT2D eigenvalue weighted by atomic mass is 10.2. The Bertz CT molecular complexity index is 201. The summed E-state index contributed by atoms with van der Waals surface area (Å²) in [6, 6.07) is 1.71. The van der Waals surface area contributed by atoms with E-state index in [0.29, 0.717) is 19.6 Å². The zero-order valence-electron chi connectivity index (χ0n) is 8.67. The molecule has 0 fully saturated rings. The third kappa shape index (κ3) is 6.26. The minimum absolute atomic E-state index is 0.0671. The van der Waals surface area contributed by atoms with E-state index in [9.17, 15) is 4.79 Å². The molecule has 14 heavy (non-hydrogen) atoms. The topological polar surface area (TPSA) is 74.2 Å².